The van der Waals surface area contributed by atoms with Gasteiger partial charge in [-0.25, -0.2) is 0 Å². The number of morpholine rings is 1. The van der Waals surface area contributed by atoms with Crippen molar-refractivity contribution in [1.29, 1.82) is 0 Å². The zero-order valence-electron chi connectivity index (χ0n) is 14.3. The van der Waals surface area contributed by atoms with Gasteiger partial charge in [-0.3, -0.25) is 9.59 Å². The lowest BCUT2D eigenvalue weighted by molar-refractivity contribution is -0.0228. The number of carbonyl (C=O) groups is 1. The molecule has 1 aromatic heterocycles. The number of rotatable bonds is 5. The van der Waals surface area contributed by atoms with Gasteiger partial charge in [0.2, 0.25) is 0 Å². The van der Waals surface area contributed by atoms with Gasteiger partial charge in [0, 0.05) is 32.5 Å². The lowest BCUT2D eigenvalue weighted by atomic mass is 10.1. The van der Waals surface area contributed by atoms with Crippen LogP contribution in [0.2, 0.25) is 0 Å². The van der Waals surface area contributed by atoms with E-state index >= 15 is 0 Å². The molecule has 3 rings (SSSR count). The predicted molar refractivity (Wildman–Crippen MR) is 93.6 cm³/mol. The molecular formula is C19H22N2O4. The molecule has 0 aliphatic carbocycles. The molecule has 0 bridgehead atoms. The maximum Gasteiger partial charge on any atom is 0.255 e. The molecule has 2 heterocycles. The lowest BCUT2D eigenvalue weighted by Crippen LogP contribution is -2.42. The Morgan fingerprint density at radius 1 is 1.24 bits per heavy atom. The van der Waals surface area contributed by atoms with E-state index in [9.17, 15) is 9.59 Å². The maximum absolute atomic E-state index is 12.8. The molecule has 0 radical (unpaired) electrons. The summed E-state index contributed by atoms with van der Waals surface area (Å²) in [6.45, 7) is 2.38. The second-order valence-electron chi connectivity index (χ2n) is 5.96. The molecule has 1 aliphatic heterocycles. The van der Waals surface area contributed by atoms with Gasteiger partial charge in [-0.1, -0.05) is 30.3 Å². The molecule has 132 valence electrons. The summed E-state index contributed by atoms with van der Waals surface area (Å²) in [7, 11) is 1.58. The highest BCUT2D eigenvalue weighted by molar-refractivity contribution is 5.94. The number of hydrogen-bond acceptors (Lipinski definition) is 4. The van der Waals surface area contributed by atoms with Crippen molar-refractivity contribution in [2.75, 3.05) is 33.4 Å². The van der Waals surface area contributed by atoms with Gasteiger partial charge >= 0.3 is 0 Å². The number of ether oxygens (including phenoxy) is 2. The first-order valence-electron chi connectivity index (χ1n) is 8.34. The molecule has 1 fully saturated rings. The third-order valence-corrected chi connectivity index (χ3v) is 4.29. The van der Waals surface area contributed by atoms with Crippen molar-refractivity contribution in [2.24, 2.45) is 0 Å². The van der Waals surface area contributed by atoms with Crippen molar-refractivity contribution >= 4 is 5.91 Å². The van der Waals surface area contributed by atoms with E-state index in [1.807, 2.05) is 30.3 Å². The Balaban J connectivity index is 1.75. The second-order valence-corrected chi connectivity index (χ2v) is 5.96. The number of benzene rings is 1. The number of carbonyl (C=O) groups excluding carboxylic acids is 1. The number of nitrogens with zero attached hydrogens (tertiary/aromatic N) is 2. The minimum atomic E-state index is -0.141. The van der Waals surface area contributed by atoms with Crippen LogP contribution in [0.5, 0.6) is 0 Å². The summed E-state index contributed by atoms with van der Waals surface area (Å²) < 4.78 is 12.3. The second kappa shape index (κ2) is 8.09. The van der Waals surface area contributed by atoms with E-state index in [4.69, 9.17) is 9.47 Å². The Morgan fingerprint density at radius 2 is 2.04 bits per heavy atom. The zero-order chi connectivity index (χ0) is 17.6. The van der Waals surface area contributed by atoms with E-state index in [0.29, 0.717) is 38.4 Å². The monoisotopic (exact) mass is 342 g/mol. The first-order chi connectivity index (χ1) is 12.2. The van der Waals surface area contributed by atoms with Crippen LogP contribution in [-0.4, -0.2) is 48.8 Å². The molecule has 6 heteroatoms. The SMILES string of the molecule is COCCn1cc(C(=O)N2CCOC(c3ccccc3)C2)ccc1=O. The molecule has 25 heavy (non-hydrogen) atoms. The average molecular weight is 342 g/mol. The quantitative estimate of drug-likeness (QED) is 0.830. The maximum atomic E-state index is 12.8. The third-order valence-electron chi connectivity index (χ3n) is 4.29. The topological polar surface area (TPSA) is 60.8 Å². The van der Waals surface area contributed by atoms with Gasteiger partial charge in [0.15, 0.2) is 0 Å². The number of aromatic nitrogens is 1. The first kappa shape index (κ1) is 17.4. The highest BCUT2D eigenvalue weighted by Gasteiger charge is 2.26. The molecular weight excluding hydrogens is 320 g/mol. The van der Waals surface area contributed by atoms with E-state index in [1.54, 1.807) is 24.3 Å². The summed E-state index contributed by atoms with van der Waals surface area (Å²) in [5.41, 5.74) is 1.42. The first-order valence-corrected chi connectivity index (χ1v) is 8.34. The Bertz CT molecular complexity index is 772. The van der Waals surface area contributed by atoms with E-state index in [0.717, 1.165) is 5.56 Å². The van der Waals surface area contributed by atoms with Crippen LogP contribution in [0.3, 0.4) is 0 Å². The van der Waals surface area contributed by atoms with E-state index < -0.39 is 0 Å². The Morgan fingerprint density at radius 3 is 2.80 bits per heavy atom. The van der Waals surface area contributed by atoms with Gasteiger partial charge in [0.05, 0.1) is 25.3 Å². The van der Waals surface area contributed by atoms with Crippen molar-refractivity contribution in [3.05, 3.63) is 70.1 Å². The molecule has 2 aromatic rings. The normalized spacial score (nSPS) is 17.5. The average Bonchev–Trinajstić information content (AvgIpc) is 2.67. The Hall–Kier alpha value is -2.44. The van der Waals surface area contributed by atoms with Crippen molar-refractivity contribution in [1.82, 2.24) is 9.47 Å². The van der Waals surface area contributed by atoms with Crippen LogP contribution in [0.1, 0.15) is 22.0 Å². The Kier molecular flexibility index (Phi) is 5.63. The van der Waals surface area contributed by atoms with E-state index in [-0.39, 0.29) is 17.6 Å². The Labute approximate surface area is 146 Å². The van der Waals surface area contributed by atoms with Crippen LogP contribution in [0.15, 0.2) is 53.5 Å². The highest BCUT2D eigenvalue weighted by atomic mass is 16.5. The molecule has 0 saturated carbocycles. The number of methoxy groups -OCH3 is 1. The van der Waals surface area contributed by atoms with Crippen LogP contribution >= 0.6 is 0 Å². The van der Waals surface area contributed by atoms with E-state index in [1.165, 1.54) is 10.6 Å². The molecule has 1 saturated heterocycles. The molecule has 0 spiro atoms. The van der Waals surface area contributed by atoms with Crippen molar-refractivity contribution in [3.63, 3.8) is 0 Å². The number of pyridine rings is 1. The third kappa shape index (κ3) is 4.15. The van der Waals surface area contributed by atoms with Gasteiger partial charge in [0.1, 0.15) is 6.10 Å². The minimum absolute atomic E-state index is 0.0876. The molecule has 1 atom stereocenters. The summed E-state index contributed by atoms with van der Waals surface area (Å²) in [5.74, 6) is -0.0876. The fraction of sp³-hybridized carbons (Fsp3) is 0.368. The largest absolute Gasteiger partial charge is 0.383 e. The molecule has 1 amide bonds. The summed E-state index contributed by atoms with van der Waals surface area (Å²) in [6.07, 6.45) is 1.48. The molecule has 1 aliphatic rings. The summed E-state index contributed by atoms with van der Waals surface area (Å²) >= 11 is 0. The van der Waals surface area contributed by atoms with Crippen molar-refractivity contribution in [3.8, 4) is 0 Å². The van der Waals surface area contributed by atoms with Gasteiger partial charge in [0.25, 0.3) is 11.5 Å². The number of hydrogen-bond donors (Lipinski definition) is 0. The standard InChI is InChI=1S/C19H22N2O4/c1-24-11-9-20-13-16(7-8-18(20)22)19(23)21-10-12-25-17(14-21)15-5-3-2-4-6-15/h2-8,13,17H,9-12,14H2,1H3. The summed E-state index contributed by atoms with van der Waals surface area (Å²) in [4.78, 5) is 26.5. The van der Waals surface area contributed by atoms with Gasteiger partial charge in [-0.05, 0) is 11.6 Å². The lowest BCUT2D eigenvalue weighted by Gasteiger charge is -2.33. The van der Waals surface area contributed by atoms with Gasteiger partial charge in [-0.2, -0.15) is 0 Å². The predicted octanol–water partition coefficient (Wildman–Crippen LogP) is 1.71. The van der Waals surface area contributed by atoms with Crippen LogP contribution in [0.25, 0.3) is 0 Å². The van der Waals surface area contributed by atoms with Crippen molar-refractivity contribution < 1.29 is 14.3 Å². The summed E-state index contributed by atoms with van der Waals surface area (Å²) in [5, 5.41) is 0. The highest BCUT2D eigenvalue weighted by Crippen LogP contribution is 2.22. The molecule has 6 nitrogen and oxygen atoms in total. The minimum Gasteiger partial charge on any atom is -0.383 e. The van der Waals surface area contributed by atoms with Crippen LogP contribution in [0.4, 0.5) is 0 Å². The summed E-state index contributed by atoms with van der Waals surface area (Å²) in [6, 6.07) is 12.9. The molecule has 1 aromatic carbocycles. The van der Waals surface area contributed by atoms with Crippen molar-refractivity contribution in [2.45, 2.75) is 12.6 Å². The smallest absolute Gasteiger partial charge is 0.255 e. The number of amides is 1. The zero-order valence-corrected chi connectivity index (χ0v) is 14.3. The van der Waals surface area contributed by atoms with Crippen LogP contribution in [-0.2, 0) is 16.0 Å². The van der Waals surface area contributed by atoms with Crippen LogP contribution < -0.4 is 5.56 Å². The van der Waals surface area contributed by atoms with Gasteiger partial charge in [-0.15, -0.1) is 0 Å². The van der Waals surface area contributed by atoms with Crippen LogP contribution in [0, 0.1) is 0 Å². The van der Waals surface area contributed by atoms with E-state index in [2.05, 4.69) is 0 Å². The molecule has 1 unspecified atom stereocenters. The molecule has 0 N–H and O–H groups in total. The fourth-order valence-corrected chi connectivity index (χ4v) is 2.91. The van der Waals surface area contributed by atoms with Gasteiger partial charge < -0.3 is 18.9 Å². The fourth-order valence-electron chi connectivity index (χ4n) is 2.91.